The van der Waals surface area contributed by atoms with Gasteiger partial charge in [-0.05, 0) is 48.9 Å². The molecule has 1 aliphatic carbocycles. The van der Waals surface area contributed by atoms with E-state index in [1.165, 1.54) is 6.42 Å². The average molecular weight is 247 g/mol. The number of hydrazine groups is 1. The zero-order chi connectivity index (χ0) is 13.3. The topological polar surface area (TPSA) is 58.4 Å². The SMILES string of the molecule is Cc1cc(C(=O)N(C)CC2CC2C)ccc1NN. The molecule has 1 aliphatic rings. The Balaban J connectivity index is 2.05. The van der Waals surface area contributed by atoms with E-state index in [-0.39, 0.29) is 5.91 Å². The van der Waals surface area contributed by atoms with E-state index < -0.39 is 0 Å². The molecule has 2 rings (SSSR count). The quantitative estimate of drug-likeness (QED) is 0.632. The van der Waals surface area contributed by atoms with Crippen LogP contribution in [-0.2, 0) is 0 Å². The van der Waals surface area contributed by atoms with Gasteiger partial charge in [-0.1, -0.05) is 6.92 Å². The van der Waals surface area contributed by atoms with Gasteiger partial charge in [0, 0.05) is 19.2 Å². The summed E-state index contributed by atoms with van der Waals surface area (Å²) in [6.45, 7) is 5.03. The summed E-state index contributed by atoms with van der Waals surface area (Å²) < 4.78 is 0. The summed E-state index contributed by atoms with van der Waals surface area (Å²) in [6.07, 6.45) is 1.24. The monoisotopic (exact) mass is 247 g/mol. The standard InChI is InChI=1S/C14H21N3O/c1-9-6-12(9)8-17(3)14(18)11-4-5-13(16-15)10(2)7-11/h4-5,7,9,12,16H,6,8,15H2,1-3H3. The van der Waals surface area contributed by atoms with E-state index in [0.29, 0.717) is 5.92 Å². The van der Waals surface area contributed by atoms with Crippen LogP contribution in [0.2, 0.25) is 0 Å². The molecule has 1 amide bonds. The van der Waals surface area contributed by atoms with Crippen molar-refractivity contribution in [3.63, 3.8) is 0 Å². The highest BCUT2D eigenvalue weighted by molar-refractivity contribution is 5.94. The van der Waals surface area contributed by atoms with Gasteiger partial charge >= 0.3 is 0 Å². The maximum absolute atomic E-state index is 12.2. The number of carbonyl (C=O) groups excluding carboxylic acids is 1. The van der Waals surface area contributed by atoms with E-state index in [9.17, 15) is 4.79 Å². The number of hydrogen-bond acceptors (Lipinski definition) is 3. The first-order valence-electron chi connectivity index (χ1n) is 6.35. The molecule has 1 fully saturated rings. The minimum Gasteiger partial charge on any atom is -0.341 e. The van der Waals surface area contributed by atoms with E-state index in [1.54, 1.807) is 0 Å². The van der Waals surface area contributed by atoms with Gasteiger partial charge in [-0.15, -0.1) is 0 Å². The molecule has 2 unspecified atom stereocenters. The van der Waals surface area contributed by atoms with Gasteiger partial charge < -0.3 is 10.3 Å². The number of aryl methyl sites for hydroxylation is 1. The van der Waals surface area contributed by atoms with Crippen molar-refractivity contribution in [3.8, 4) is 0 Å². The van der Waals surface area contributed by atoms with Crippen LogP contribution >= 0.6 is 0 Å². The fourth-order valence-electron chi connectivity index (χ4n) is 2.27. The Bertz CT molecular complexity index is 458. The number of hydrogen-bond donors (Lipinski definition) is 2. The molecule has 18 heavy (non-hydrogen) atoms. The highest BCUT2D eigenvalue weighted by Gasteiger charge is 2.34. The van der Waals surface area contributed by atoms with Gasteiger partial charge in [0.05, 0.1) is 5.69 Å². The van der Waals surface area contributed by atoms with Crippen molar-refractivity contribution in [3.05, 3.63) is 29.3 Å². The summed E-state index contributed by atoms with van der Waals surface area (Å²) in [4.78, 5) is 14.1. The number of nitrogen functional groups attached to an aromatic ring is 1. The van der Waals surface area contributed by atoms with Gasteiger partial charge in [0.15, 0.2) is 0 Å². The lowest BCUT2D eigenvalue weighted by Gasteiger charge is -2.18. The van der Waals surface area contributed by atoms with Gasteiger partial charge in [-0.2, -0.15) is 0 Å². The predicted octanol–water partition coefficient (Wildman–Crippen LogP) is 2.01. The number of amides is 1. The van der Waals surface area contributed by atoms with Crippen LogP contribution in [0.1, 0.15) is 29.3 Å². The Hall–Kier alpha value is -1.55. The average Bonchev–Trinajstić information content (AvgIpc) is 3.03. The van der Waals surface area contributed by atoms with Gasteiger partial charge in [-0.3, -0.25) is 10.6 Å². The van der Waals surface area contributed by atoms with Gasteiger partial charge in [0.25, 0.3) is 5.91 Å². The number of rotatable bonds is 4. The summed E-state index contributed by atoms with van der Waals surface area (Å²) in [5.41, 5.74) is 5.17. The minimum absolute atomic E-state index is 0.0840. The molecule has 0 saturated heterocycles. The molecule has 0 aliphatic heterocycles. The van der Waals surface area contributed by atoms with Crippen LogP contribution in [0.25, 0.3) is 0 Å². The molecular formula is C14H21N3O. The summed E-state index contributed by atoms with van der Waals surface area (Å²) in [5.74, 6) is 6.92. The molecular weight excluding hydrogens is 226 g/mol. The van der Waals surface area contributed by atoms with Crippen LogP contribution in [0.5, 0.6) is 0 Å². The van der Waals surface area contributed by atoms with Crippen molar-refractivity contribution >= 4 is 11.6 Å². The van der Waals surface area contributed by atoms with Crippen molar-refractivity contribution in [1.82, 2.24) is 4.90 Å². The molecule has 0 aromatic heterocycles. The second-order valence-corrected chi connectivity index (χ2v) is 5.33. The predicted molar refractivity (Wildman–Crippen MR) is 73.2 cm³/mol. The number of nitrogens with zero attached hydrogens (tertiary/aromatic N) is 1. The second kappa shape index (κ2) is 4.98. The van der Waals surface area contributed by atoms with Crippen LogP contribution < -0.4 is 11.3 Å². The third-order valence-electron chi connectivity index (χ3n) is 3.76. The highest BCUT2D eigenvalue weighted by Crippen LogP contribution is 2.38. The van der Waals surface area contributed by atoms with Crippen LogP contribution in [0.3, 0.4) is 0 Å². The second-order valence-electron chi connectivity index (χ2n) is 5.33. The fourth-order valence-corrected chi connectivity index (χ4v) is 2.27. The molecule has 1 saturated carbocycles. The van der Waals surface area contributed by atoms with Crippen molar-refractivity contribution in [1.29, 1.82) is 0 Å². The van der Waals surface area contributed by atoms with E-state index in [1.807, 2.05) is 37.1 Å². The number of nitrogens with one attached hydrogen (secondary N) is 1. The van der Waals surface area contributed by atoms with Crippen LogP contribution in [-0.4, -0.2) is 24.4 Å². The minimum atomic E-state index is 0.0840. The van der Waals surface area contributed by atoms with Crippen LogP contribution in [0, 0.1) is 18.8 Å². The van der Waals surface area contributed by atoms with Gasteiger partial charge in [0.1, 0.15) is 0 Å². The number of benzene rings is 1. The van der Waals surface area contributed by atoms with E-state index in [2.05, 4.69) is 12.3 Å². The molecule has 98 valence electrons. The van der Waals surface area contributed by atoms with Gasteiger partial charge in [-0.25, -0.2) is 0 Å². The molecule has 3 N–H and O–H groups in total. The Morgan fingerprint density at radius 3 is 2.72 bits per heavy atom. The molecule has 4 nitrogen and oxygen atoms in total. The lowest BCUT2D eigenvalue weighted by Crippen LogP contribution is -2.29. The van der Waals surface area contributed by atoms with Crippen molar-refractivity contribution in [2.75, 3.05) is 19.0 Å². The molecule has 0 bridgehead atoms. The van der Waals surface area contributed by atoms with Crippen molar-refractivity contribution < 1.29 is 4.79 Å². The van der Waals surface area contributed by atoms with Crippen molar-refractivity contribution in [2.45, 2.75) is 20.3 Å². The number of nitrogens with two attached hydrogens (primary N) is 1. The Morgan fingerprint density at radius 1 is 1.56 bits per heavy atom. The third kappa shape index (κ3) is 2.64. The molecule has 4 heteroatoms. The van der Waals surface area contributed by atoms with E-state index in [4.69, 9.17) is 5.84 Å². The molecule has 0 heterocycles. The highest BCUT2D eigenvalue weighted by atomic mass is 16.2. The smallest absolute Gasteiger partial charge is 0.253 e. The molecule has 2 atom stereocenters. The van der Waals surface area contributed by atoms with Crippen LogP contribution in [0.4, 0.5) is 5.69 Å². The zero-order valence-electron chi connectivity index (χ0n) is 11.2. The van der Waals surface area contributed by atoms with Gasteiger partial charge in [0.2, 0.25) is 0 Å². The van der Waals surface area contributed by atoms with Crippen LogP contribution in [0.15, 0.2) is 18.2 Å². The Kier molecular flexibility index (Phi) is 3.57. The summed E-state index contributed by atoms with van der Waals surface area (Å²) >= 11 is 0. The normalized spacial score (nSPS) is 21.6. The zero-order valence-corrected chi connectivity index (χ0v) is 11.2. The summed E-state index contributed by atoms with van der Waals surface area (Å²) in [7, 11) is 1.87. The molecule has 0 radical (unpaired) electrons. The fraction of sp³-hybridized carbons (Fsp3) is 0.500. The Morgan fingerprint density at radius 2 is 2.22 bits per heavy atom. The molecule has 0 spiro atoms. The summed E-state index contributed by atoms with van der Waals surface area (Å²) in [5, 5.41) is 0. The lowest BCUT2D eigenvalue weighted by molar-refractivity contribution is 0.0787. The summed E-state index contributed by atoms with van der Waals surface area (Å²) in [6, 6.07) is 5.54. The number of carbonyl (C=O) groups is 1. The first-order chi connectivity index (χ1) is 8.52. The maximum Gasteiger partial charge on any atom is 0.253 e. The Labute approximate surface area is 108 Å². The molecule has 1 aromatic carbocycles. The molecule has 1 aromatic rings. The third-order valence-corrected chi connectivity index (χ3v) is 3.76. The number of anilines is 1. The van der Waals surface area contributed by atoms with E-state index in [0.717, 1.165) is 29.3 Å². The first-order valence-corrected chi connectivity index (χ1v) is 6.35. The largest absolute Gasteiger partial charge is 0.341 e. The van der Waals surface area contributed by atoms with Crippen molar-refractivity contribution in [2.24, 2.45) is 17.7 Å². The lowest BCUT2D eigenvalue weighted by atomic mass is 10.1. The van der Waals surface area contributed by atoms with E-state index >= 15 is 0 Å². The first kappa shape index (κ1) is 12.9. The maximum atomic E-state index is 12.2.